The molecule has 1 aromatic rings. The molecule has 4 aliphatic rings. The Labute approximate surface area is 243 Å². The number of fused-ring (bicyclic) bond motifs is 5. The fourth-order valence-corrected chi connectivity index (χ4v) is 10.6. The van der Waals surface area contributed by atoms with Crippen molar-refractivity contribution in [3.63, 3.8) is 0 Å². The van der Waals surface area contributed by atoms with E-state index in [1.54, 1.807) is 17.3 Å². The molecule has 0 N–H and O–H groups in total. The number of unbranched alkanes of at least 4 members (excludes halogenated alkanes) is 5. The summed E-state index contributed by atoms with van der Waals surface area (Å²) >= 11 is 1.56. The quantitative estimate of drug-likeness (QED) is 0.202. The van der Waals surface area contributed by atoms with Crippen LogP contribution in [0.1, 0.15) is 124 Å². The fourth-order valence-electron chi connectivity index (χ4n) is 9.49. The summed E-state index contributed by atoms with van der Waals surface area (Å²) in [5, 5.41) is 0.578. The van der Waals surface area contributed by atoms with Crippen LogP contribution in [-0.2, 0) is 4.79 Å². The van der Waals surface area contributed by atoms with Crippen LogP contribution in [0.15, 0.2) is 42.0 Å². The molecule has 39 heavy (non-hydrogen) atoms. The number of carbonyl (C=O) groups is 1. The summed E-state index contributed by atoms with van der Waals surface area (Å²) in [5.74, 6) is 4.41. The lowest BCUT2D eigenvalue weighted by Crippen LogP contribution is -2.50. The maximum atomic E-state index is 13.0. The van der Waals surface area contributed by atoms with Crippen molar-refractivity contribution in [1.29, 1.82) is 0 Å². The van der Waals surface area contributed by atoms with E-state index in [-0.39, 0.29) is 5.12 Å². The molecule has 3 heteroatoms. The minimum absolute atomic E-state index is 0.178. The molecule has 0 saturated heterocycles. The van der Waals surface area contributed by atoms with Crippen LogP contribution in [0.3, 0.4) is 0 Å². The van der Waals surface area contributed by atoms with E-state index in [9.17, 15) is 4.79 Å². The van der Waals surface area contributed by atoms with Crippen molar-refractivity contribution >= 4 is 16.9 Å². The van der Waals surface area contributed by atoms with E-state index in [1.807, 2.05) is 37.3 Å². The van der Waals surface area contributed by atoms with Gasteiger partial charge < -0.3 is 4.74 Å². The van der Waals surface area contributed by atoms with E-state index in [4.69, 9.17) is 4.74 Å². The van der Waals surface area contributed by atoms with E-state index in [0.29, 0.717) is 16.1 Å². The summed E-state index contributed by atoms with van der Waals surface area (Å²) in [6, 6.07) is 9.75. The van der Waals surface area contributed by atoms with Crippen molar-refractivity contribution < 1.29 is 9.53 Å². The summed E-state index contributed by atoms with van der Waals surface area (Å²) in [7, 11) is 0. The third kappa shape index (κ3) is 6.19. The van der Waals surface area contributed by atoms with Crippen molar-refractivity contribution in [3.05, 3.63) is 42.0 Å². The van der Waals surface area contributed by atoms with Gasteiger partial charge in [0.15, 0.2) is 6.10 Å². The highest BCUT2D eigenvalue weighted by molar-refractivity contribution is 8.14. The second-order valence-corrected chi connectivity index (χ2v) is 15.3. The zero-order valence-corrected chi connectivity index (χ0v) is 26.1. The van der Waals surface area contributed by atoms with E-state index in [1.165, 1.54) is 83.5 Å². The van der Waals surface area contributed by atoms with Gasteiger partial charge in [0, 0.05) is 5.25 Å². The number of ether oxygens (including phenoxy) is 1. The number of thioether (sulfide) groups is 1. The molecule has 0 heterocycles. The summed E-state index contributed by atoms with van der Waals surface area (Å²) in [6.45, 7) is 9.52. The molecule has 8 atom stereocenters. The van der Waals surface area contributed by atoms with Crippen LogP contribution in [-0.4, -0.2) is 16.5 Å². The van der Waals surface area contributed by atoms with Gasteiger partial charge in [0.05, 0.1) is 0 Å². The van der Waals surface area contributed by atoms with Crippen LogP contribution in [0.2, 0.25) is 0 Å². The Balaban J connectivity index is 1.16. The zero-order chi connectivity index (χ0) is 27.5. The van der Waals surface area contributed by atoms with Crippen LogP contribution in [0, 0.1) is 34.5 Å². The second kappa shape index (κ2) is 12.7. The van der Waals surface area contributed by atoms with Crippen LogP contribution in [0.25, 0.3) is 0 Å². The molecule has 1 aromatic carbocycles. The van der Waals surface area contributed by atoms with Gasteiger partial charge in [0.2, 0.25) is 5.12 Å². The molecule has 0 unspecified atom stereocenters. The Kier molecular flexibility index (Phi) is 9.57. The summed E-state index contributed by atoms with van der Waals surface area (Å²) in [6.07, 6.45) is 22.9. The smallest absolute Gasteiger partial charge is 0.229 e. The first-order chi connectivity index (χ1) is 18.8. The molecule has 0 aromatic heterocycles. The Morgan fingerprint density at radius 1 is 0.974 bits per heavy atom. The number of hydrogen-bond donors (Lipinski definition) is 0. The number of hydrogen-bond acceptors (Lipinski definition) is 3. The predicted octanol–water partition coefficient (Wildman–Crippen LogP) is 10.4. The van der Waals surface area contributed by atoms with Crippen molar-refractivity contribution in [3.8, 4) is 5.75 Å². The monoisotopic (exact) mass is 550 g/mol. The van der Waals surface area contributed by atoms with Crippen LogP contribution >= 0.6 is 11.8 Å². The van der Waals surface area contributed by atoms with Crippen molar-refractivity contribution in [1.82, 2.24) is 0 Å². The number of rotatable bonds is 11. The van der Waals surface area contributed by atoms with E-state index >= 15 is 0 Å². The Morgan fingerprint density at radius 3 is 2.54 bits per heavy atom. The van der Waals surface area contributed by atoms with E-state index < -0.39 is 6.10 Å². The van der Waals surface area contributed by atoms with Gasteiger partial charge in [0.1, 0.15) is 5.75 Å². The minimum atomic E-state index is -0.405. The second-order valence-electron chi connectivity index (χ2n) is 14.0. The van der Waals surface area contributed by atoms with Gasteiger partial charge in [-0.25, -0.2) is 0 Å². The first-order valence-corrected chi connectivity index (χ1v) is 17.3. The number of benzene rings is 1. The molecule has 0 spiro atoms. The summed E-state index contributed by atoms with van der Waals surface area (Å²) in [5.41, 5.74) is 2.62. The molecular formula is C36H54O2S. The average molecular weight is 551 g/mol. The minimum Gasteiger partial charge on any atom is -0.482 e. The predicted molar refractivity (Wildman–Crippen MR) is 166 cm³/mol. The Hall–Kier alpha value is -1.22. The first-order valence-electron chi connectivity index (χ1n) is 16.5. The van der Waals surface area contributed by atoms with Crippen molar-refractivity contribution in [2.45, 2.75) is 135 Å². The number of para-hydroxylation sites is 1. The summed E-state index contributed by atoms with van der Waals surface area (Å²) < 4.78 is 5.93. The normalized spacial score (nSPS) is 36.3. The van der Waals surface area contributed by atoms with Crippen molar-refractivity contribution in [2.75, 3.05) is 0 Å². The maximum Gasteiger partial charge on any atom is 0.229 e. The van der Waals surface area contributed by atoms with Crippen LogP contribution in [0.5, 0.6) is 5.75 Å². The Bertz CT molecular complexity index is 987. The van der Waals surface area contributed by atoms with Gasteiger partial charge in [-0.2, -0.15) is 0 Å². The Morgan fingerprint density at radius 2 is 1.74 bits per heavy atom. The summed E-state index contributed by atoms with van der Waals surface area (Å²) in [4.78, 5) is 13.0. The lowest BCUT2D eigenvalue weighted by Gasteiger charge is -2.58. The first kappa shape index (κ1) is 29.3. The maximum absolute atomic E-state index is 13.0. The average Bonchev–Trinajstić information content (AvgIpc) is 3.27. The number of allylic oxidation sites excluding steroid dienone is 2. The third-order valence-electron chi connectivity index (χ3n) is 11.8. The SMILES string of the molecule is CCCCCCCC[C@@H]1CC[C@@H]2[C@@H]3CC=C4C[C@@H](SC(=O)[C@H](C)Oc5ccccc5)CC[C@]4(C)[C@@H]3CC[C@]12C. The van der Waals surface area contributed by atoms with Crippen LogP contribution < -0.4 is 4.74 Å². The van der Waals surface area contributed by atoms with Gasteiger partial charge in [-0.15, -0.1) is 0 Å². The van der Waals surface area contributed by atoms with Gasteiger partial charge >= 0.3 is 0 Å². The fraction of sp³-hybridized carbons (Fsp3) is 0.750. The molecule has 0 amide bonds. The molecule has 2 nitrogen and oxygen atoms in total. The molecule has 5 rings (SSSR count). The van der Waals surface area contributed by atoms with Gasteiger partial charge in [0.25, 0.3) is 0 Å². The molecule has 3 saturated carbocycles. The molecule has 0 aliphatic heterocycles. The molecule has 0 radical (unpaired) electrons. The standard InChI is InChI=1S/C36H54O2S/c1-5-6-7-8-9-11-14-27-18-20-32-31-19-17-28-25-30(21-23-36(28,4)33(31)22-24-35(27,32)3)39-34(37)26(2)38-29-15-12-10-13-16-29/h10,12-13,15-17,26-27,30-33H,5-9,11,14,18-25H2,1-4H3/t26-,27+,30-,31-,32+,33+,35+,36-/m0/s1. The lowest BCUT2D eigenvalue weighted by molar-refractivity contribution is -0.116. The van der Waals surface area contributed by atoms with E-state index in [0.717, 1.165) is 42.3 Å². The topological polar surface area (TPSA) is 26.3 Å². The largest absolute Gasteiger partial charge is 0.482 e. The molecule has 216 valence electrons. The molecule has 4 aliphatic carbocycles. The highest BCUT2D eigenvalue weighted by Crippen LogP contribution is 2.67. The van der Waals surface area contributed by atoms with Crippen molar-refractivity contribution in [2.24, 2.45) is 34.5 Å². The van der Waals surface area contributed by atoms with Gasteiger partial charge in [-0.3, -0.25) is 4.79 Å². The molecular weight excluding hydrogens is 496 g/mol. The number of carbonyl (C=O) groups excluding carboxylic acids is 1. The van der Waals surface area contributed by atoms with Gasteiger partial charge in [-0.05, 0) is 111 Å². The highest BCUT2D eigenvalue weighted by atomic mass is 32.2. The van der Waals surface area contributed by atoms with E-state index in [2.05, 4.69) is 26.8 Å². The molecule has 0 bridgehead atoms. The lowest BCUT2D eigenvalue weighted by atomic mass is 9.47. The highest BCUT2D eigenvalue weighted by Gasteiger charge is 2.58. The van der Waals surface area contributed by atoms with Gasteiger partial charge in [-0.1, -0.05) is 101 Å². The molecule has 3 fully saturated rings. The van der Waals surface area contributed by atoms with Crippen LogP contribution in [0.4, 0.5) is 0 Å². The third-order valence-corrected chi connectivity index (χ3v) is 13.1. The zero-order valence-electron chi connectivity index (χ0n) is 25.3.